The summed E-state index contributed by atoms with van der Waals surface area (Å²) in [6.07, 6.45) is 0. The van der Waals surface area contributed by atoms with E-state index in [2.05, 4.69) is 14.9 Å². The molecule has 0 spiro atoms. The van der Waals surface area contributed by atoms with Crippen LogP contribution in [0.2, 0.25) is 5.02 Å². The molecule has 0 amide bonds. The molecular formula is C17H16ClN3O3S. The molecule has 0 aliphatic rings. The van der Waals surface area contributed by atoms with Crippen LogP contribution in [0, 0.1) is 0 Å². The molecule has 1 aromatic heterocycles. The molecule has 130 valence electrons. The van der Waals surface area contributed by atoms with Crippen LogP contribution < -0.4 is 9.46 Å². The molecule has 0 unspecified atom stereocenters. The second kappa shape index (κ2) is 7.16. The first-order valence-electron chi connectivity index (χ1n) is 7.55. The molecule has 2 N–H and O–H groups in total. The Labute approximate surface area is 150 Å². The minimum absolute atomic E-state index is 0.131. The van der Waals surface area contributed by atoms with Crippen LogP contribution in [0.25, 0.3) is 11.3 Å². The SMILES string of the molecule is CCOc1ccc(S(=O)(=O)Nc2cc(-c3ccc(Cl)cc3)[nH]n2)cc1. The van der Waals surface area contributed by atoms with E-state index >= 15 is 0 Å². The van der Waals surface area contributed by atoms with Gasteiger partial charge in [0.05, 0.1) is 17.2 Å². The molecule has 8 heteroatoms. The lowest BCUT2D eigenvalue weighted by atomic mass is 10.1. The van der Waals surface area contributed by atoms with Gasteiger partial charge in [0.25, 0.3) is 10.0 Å². The second-order valence-corrected chi connectivity index (χ2v) is 7.30. The Hall–Kier alpha value is -2.51. The fourth-order valence-corrected chi connectivity index (χ4v) is 3.35. The number of aromatic amines is 1. The van der Waals surface area contributed by atoms with Crippen LogP contribution in [0.1, 0.15) is 6.92 Å². The molecule has 25 heavy (non-hydrogen) atoms. The Kier molecular flexibility index (Phi) is 4.96. The molecule has 0 bridgehead atoms. The summed E-state index contributed by atoms with van der Waals surface area (Å²) in [7, 11) is -3.73. The van der Waals surface area contributed by atoms with Gasteiger partial charge in [-0.1, -0.05) is 23.7 Å². The predicted octanol–water partition coefficient (Wildman–Crippen LogP) is 3.93. The van der Waals surface area contributed by atoms with E-state index in [0.29, 0.717) is 23.1 Å². The van der Waals surface area contributed by atoms with Crippen molar-refractivity contribution in [3.63, 3.8) is 0 Å². The van der Waals surface area contributed by atoms with Crippen molar-refractivity contribution in [1.29, 1.82) is 0 Å². The lowest BCUT2D eigenvalue weighted by Crippen LogP contribution is -2.13. The number of rotatable bonds is 6. The molecule has 0 fully saturated rings. The van der Waals surface area contributed by atoms with E-state index in [1.165, 1.54) is 12.1 Å². The Morgan fingerprint density at radius 3 is 2.44 bits per heavy atom. The zero-order valence-electron chi connectivity index (χ0n) is 13.4. The molecule has 0 saturated heterocycles. The summed E-state index contributed by atoms with van der Waals surface area (Å²) in [4.78, 5) is 0.131. The van der Waals surface area contributed by atoms with E-state index in [-0.39, 0.29) is 10.7 Å². The van der Waals surface area contributed by atoms with Gasteiger partial charge in [0, 0.05) is 11.1 Å². The first-order chi connectivity index (χ1) is 12.0. The van der Waals surface area contributed by atoms with Gasteiger partial charge in [-0.3, -0.25) is 9.82 Å². The number of anilines is 1. The Morgan fingerprint density at radius 1 is 1.12 bits per heavy atom. The first-order valence-corrected chi connectivity index (χ1v) is 9.41. The molecule has 3 rings (SSSR count). The number of benzene rings is 2. The van der Waals surface area contributed by atoms with E-state index in [0.717, 1.165) is 5.56 Å². The Morgan fingerprint density at radius 2 is 1.80 bits per heavy atom. The van der Waals surface area contributed by atoms with E-state index in [4.69, 9.17) is 16.3 Å². The number of nitrogens with zero attached hydrogens (tertiary/aromatic N) is 1. The van der Waals surface area contributed by atoms with Crippen molar-refractivity contribution in [2.75, 3.05) is 11.3 Å². The summed E-state index contributed by atoms with van der Waals surface area (Å²) < 4.78 is 32.6. The van der Waals surface area contributed by atoms with Gasteiger partial charge in [-0.25, -0.2) is 8.42 Å². The minimum atomic E-state index is -3.73. The van der Waals surface area contributed by atoms with Gasteiger partial charge < -0.3 is 4.74 Å². The van der Waals surface area contributed by atoms with Crippen molar-refractivity contribution < 1.29 is 13.2 Å². The Balaban J connectivity index is 1.78. The number of hydrogen-bond donors (Lipinski definition) is 2. The summed E-state index contributed by atoms with van der Waals surface area (Å²) in [5.41, 5.74) is 1.53. The van der Waals surface area contributed by atoms with Crippen molar-refractivity contribution >= 4 is 27.4 Å². The summed E-state index contributed by atoms with van der Waals surface area (Å²) in [6, 6.07) is 15.0. The average molecular weight is 378 g/mol. The van der Waals surface area contributed by atoms with Gasteiger partial charge in [0.2, 0.25) is 0 Å². The highest BCUT2D eigenvalue weighted by Gasteiger charge is 2.16. The van der Waals surface area contributed by atoms with Crippen molar-refractivity contribution in [1.82, 2.24) is 10.2 Å². The topological polar surface area (TPSA) is 84.1 Å². The number of sulfonamides is 1. The fraction of sp³-hybridized carbons (Fsp3) is 0.118. The monoisotopic (exact) mass is 377 g/mol. The van der Waals surface area contributed by atoms with E-state index < -0.39 is 10.0 Å². The van der Waals surface area contributed by atoms with E-state index in [1.807, 2.05) is 19.1 Å². The number of halogens is 1. The zero-order valence-corrected chi connectivity index (χ0v) is 14.9. The van der Waals surface area contributed by atoms with Crippen molar-refractivity contribution in [2.24, 2.45) is 0 Å². The molecular weight excluding hydrogens is 362 g/mol. The zero-order chi connectivity index (χ0) is 17.9. The molecule has 6 nitrogen and oxygen atoms in total. The Bertz CT molecular complexity index is 952. The molecule has 0 atom stereocenters. The van der Waals surface area contributed by atoms with Crippen LogP contribution in [0.4, 0.5) is 5.82 Å². The third-order valence-corrected chi connectivity index (χ3v) is 5.04. The molecule has 2 aromatic carbocycles. The maximum Gasteiger partial charge on any atom is 0.263 e. The van der Waals surface area contributed by atoms with Gasteiger partial charge in [-0.2, -0.15) is 5.10 Å². The number of H-pyrrole nitrogens is 1. The number of aromatic nitrogens is 2. The largest absolute Gasteiger partial charge is 0.494 e. The van der Waals surface area contributed by atoms with Crippen LogP contribution in [0.15, 0.2) is 59.5 Å². The summed E-state index contributed by atoms with van der Waals surface area (Å²) in [5, 5.41) is 7.43. The second-order valence-electron chi connectivity index (χ2n) is 5.18. The van der Waals surface area contributed by atoms with Crippen LogP contribution in [-0.4, -0.2) is 25.2 Å². The first kappa shape index (κ1) is 17.3. The van der Waals surface area contributed by atoms with Crippen molar-refractivity contribution in [3.8, 4) is 17.0 Å². The molecule has 0 aliphatic carbocycles. The number of hydrogen-bond acceptors (Lipinski definition) is 4. The quantitative estimate of drug-likeness (QED) is 0.681. The normalized spacial score (nSPS) is 11.3. The summed E-state index contributed by atoms with van der Waals surface area (Å²) in [5.74, 6) is 0.824. The lowest BCUT2D eigenvalue weighted by Gasteiger charge is -2.07. The predicted molar refractivity (Wildman–Crippen MR) is 97.5 cm³/mol. The maximum absolute atomic E-state index is 12.4. The van der Waals surface area contributed by atoms with Gasteiger partial charge in [-0.15, -0.1) is 0 Å². The minimum Gasteiger partial charge on any atom is -0.494 e. The van der Waals surface area contributed by atoms with Gasteiger partial charge in [-0.05, 0) is 48.9 Å². The highest BCUT2D eigenvalue weighted by Crippen LogP contribution is 2.23. The number of nitrogens with one attached hydrogen (secondary N) is 2. The van der Waals surface area contributed by atoms with Crippen LogP contribution >= 0.6 is 11.6 Å². The van der Waals surface area contributed by atoms with Crippen LogP contribution in [-0.2, 0) is 10.0 Å². The third kappa shape index (κ3) is 4.12. The van der Waals surface area contributed by atoms with Crippen molar-refractivity contribution in [2.45, 2.75) is 11.8 Å². The molecule has 0 saturated carbocycles. The maximum atomic E-state index is 12.4. The smallest absolute Gasteiger partial charge is 0.263 e. The summed E-state index contributed by atoms with van der Waals surface area (Å²) in [6.45, 7) is 2.38. The van der Waals surface area contributed by atoms with E-state index in [1.54, 1.807) is 30.3 Å². The molecule has 1 heterocycles. The lowest BCUT2D eigenvalue weighted by molar-refractivity contribution is 0.340. The molecule has 0 aliphatic heterocycles. The number of ether oxygens (including phenoxy) is 1. The van der Waals surface area contributed by atoms with Gasteiger partial charge >= 0.3 is 0 Å². The molecule has 3 aromatic rings. The average Bonchev–Trinajstić information content (AvgIpc) is 3.04. The van der Waals surface area contributed by atoms with E-state index in [9.17, 15) is 8.42 Å². The highest BCUT2D eigenvalue weighted by atomic mass is 35.5. The third-order valence-electron chi connectivity index (χ3n) is 3.42. The highest BCUT2D eigenvalue weighted by molar-refractivity contribution is 7.92. The fourth-order valence-electron chi connectivity index (χ4n) is 2.23. The van der Waals surface area contributed by atoms with Crippen molar-refractivity contribution in [3.05, 3.63) is 59.6 Å². The van der Waals surface area contributed by atoms with Gasteiger partial charge in [0.15, 0.2) is 5.82 Å². The standard InChI is InChI=1S/C17H16ClN3O3S/c1-2-24-14-7-9-15(10-8-14)25(22,23)21-17-11-16(19-20-17)12-3-5-13(18)6-4-12/h3-11H,2H2,1H3,(H2,19,20,21). The molecule has 0 radical (unpaired) electrons. The van der Waals surface area contributed by atoms with Crippen LogP contribution in [0.3, 0.4) is 0 Å². The van der Waals surface area contributed by atoms with Crippen LogP contribution in [0.5, 0.6) is 5.75 Å². The summed E-state index contributed by atoms with van der Waals surface area (Å²) >= 11 is 5.86. The van der Waals surface area contributed by atoms with Gasteiger partial charge in [0.1, 0.15) is 5.75 Å².